The van der Waals surface area contributed by atoms with Crippen LogP contribution in [0.4, 0.5) is 22.7 Å². The second kappa shape index (κ2) is 7.50. The number of fused-ring (bicyclic) bond motifs is 4. The minimum absolute atomic E-state index is 1.09. The van der Waals surface area contributed by atoms with Gasteiger partial charge < -0.3 is 10.6 Å². The Bertz CT molecular complexity index is 1700. The maximum atomic E-state index is 3.77. The van der Waals surface area contributed by atoms with E-state index in [9.17, 15) is 0 Å². The Morgan fingerprint density at radius 3 is 1.65 bits per heavy atom. The van der Waals surface area contributed by atoms with Gasteiger partial charge in [0.15, 0.2) is 0 Å². The molecule has 1 aliphatic rings. The second-order valence-corrected chi connectivity index (χ2v) is 8.76. The lowest BCUT2D eigenvalue weighted by molar-refractivity contribution is 1.44. The smallest absolute Gasteiger partial charge is 0.0710 e. The van der Waals surface area contributed by atoms with Gasteiger partial charge >= 0.3 is 0 Å². The third kappa shape index (κ3) is 2.89. The number of anilines is 4. The fourth-order valence-corrected chi connectivity index (χ4v) is 5.23. The topological polar surface area (TPSA) is 24.1 Å². The van der Waals surface area contributed by atoms with Gasteiger partial charge in [-0.1, -0.05) is 103 Å². The monoisotopic (exact) mass is 434 g/mol. The van der Waals surface area contributed by atoms with Gasteiger partial charge in [-0.3, -0.25) is 0 Å². The molecule has 0 atom stereocenters. The number of benzene rings is 6. The van der Waals surface area contributed by atoms with Gasteiger partial charge in [-0.15, -0.1) is 0 Å². The fraction of sp³-hybridized carbons (Fsp3) is 0. The van der Waals surface area contributed by atoms with Gasteiger partial charge in [0.05, 0.1) is 22.7 Å². The largest absolute Gasteiger partial charge is 0.352 e. The van der Waals surface area contributed by atoms with Gasteiger partial charge in [0.25, 0.3) is 0 Å². The number of para-hydroxylation sites is 2. The van der Waals surface area contributed by atoms with Crippen molar-refractivity contribution in [3.8, 4) is 22.3 Å². The molecule has 0 radical (unpaired) electrons. The highest BCUT2D eigenvalue weighted by atomic mass is 15.0. The summed E-state index contributed by atoms with van der Waals surface area (Å²) in [5.41, 5.74) is 9.29. The SMILES string of the molecule is c1ccc2c(c1)Nc1ccc(-c3cccc4ccccc34)c(-c3cccc4ccccc34)c1N2. The van der Waals surface area contributed by atoms with Crippen LogP contribution < -0.4 is 10.6 Å². The lowest BCUT2D eigenvalue weighted by atomic mass is 9.87. The Kier molecular flexibility index (Phi) is 4.18. The number of hydrogen-bond donors (Lipinski definition) is 2. The first-order valence-electron chi connectivity index (χ1n) is 11.6. The quantitative estimate of drug-likeness (QED) is 0.283. The van der Waals surface area contributed by atoms with Crippen LogP contribution in [0.15, 0.2) is 121 Å². The average Bonchev–Trinajstić information content (AvgIpc) is 2.91. The van der Waals surface area contributed by atoms with Crippen LogP contribution in [-0.2, 0) is 0 Å². The van der Waals surface area contributed by atoms with Gasteiger partial charge in [0.1, 0.15) is 0 Å². The molecule has 0 saturated heterocycles. The molecule has 0 amide bonds. The average molecular weight is 435 g/mol. The van der Waals surface area contributed by atoms with E-state index in [1.807, 2.05) is 0 Å². The molecule has 6 aromatic carbocycles. The molecule has 1 aliphatic heterocycles. The second-order valence-electron chi connectivity index (χ2n) is 8.76. The maximum absolute atomic E-state index is 3.77. The van der Waals surface area contributed by atoms with Crippen molar-refractivity contribution < 1.29 is 0 Å². The zero-order valence-electron chi connectivity index (χ0n) is 18.5. The molecule has 2 N–H and O–H groups in total. The molecule has 0 bridgehead atoms. The van der Waals surface area contributed by atoms with Crippen molar-refractivity contribution in [1.29, 1.82) is 0 Å². The van der Waals surface area contributed by atoms with Gasteiger partial charge in [-0.25, -0.2) is 0 Å². The Morgan fingerprint density at radius 2 is 0.912 bits per heavy atom. The van der Waals surface area contributed by atoms with E-state index < -0.39 is 0 Å². The Balaban J connectivity index is 1.58. The predicted octanol–water partition coefficient (Wildman–Crippen LogP) is 9.13. The summed E-state index contributed by atoms with van der Waals surface area (Å²) >= 11 is 0. The fourth-order valence-electron chi connectivity index (χ4n) is 5.23. The van der Waals surface area contributed by atoms with Crippen molar-refractivity contribution in [2.75, 3.05) is 10.6 Å². The molecule has 1 heterocycles. The molecule has 2 nitrogen and oxygen atoms in total. The van der Waals surface area contributed by atoms with Gasteiger partial charge in [0.2, 0.25) is 0 Å². The third-order valence-electron chi connectivity index (χ3n) is 6.80. The van der Waals surface area contributed by atoms with Gasteiger partial charge in [-0.2, -0.15) is 0 Å². The van der Waals surface area contributed by atoms with E-state index in [4.69, 9.17) is 0 Å². The summed E-state index contributed by atoms with van der Waals surface area (Å²) in [5.74, 6) is 0. The normalized spacial score (nSPS) is 12.0. The first-order valence-corrected chi connectivity index (χ1v) is 11.6. The van der Waals surface area contributed by atoms with E-state index in [0.29, 0.717) is 0 Å². The molecule has 160 valence electrons. The van der Waals surface area contributed by atoms with Crippen LogP contribution in [0, 0.1) is 0 Å². The summed E-state index contributed by atoms with van der Waals surface area (Å²) < 4.78 is 0. The van der Waals surface area contributed by atoms with Crippen LogP contribution in [0.3, 0.4) is 0 Å². The number of rotatable bonds is 2. The van der Waals surface area contributed by atoms with Crippen molar-refractivity contribution in [2.45, 2.75) is 0 Å². The summed E-state index contributed by atoms with van der Waals surface area (Å²) in [5, 5.41) is 12.4. The molecule has 7 rings (SSSR count). The van der Waals surface area contributed by atoms with E-state index in [0.717, 1.165) is 22.7 Å². The van der Waals surface area contributed by atoms with Crippen LogP contribution >= 0.6 is 0 Å². The molecule has 0 aromatic heterocycles. The summed E-state index contributed by atoms with van der Waals surface area (Å²) in [6, 6.07) is 43.3. The number of nitrogens with one attached hydrogen (secondary N) is 2. The molecule has 0 spiro atoms. The van der Waals surface area contributed by atoms with E-state index in [1.54, 1.807) is 0 Å². The molecular formula is C32H22N2. The minimum Gasteiger partial charge on any atom is -0.352 e. The van der Waals surface area contributed by atoms with Crippen molar-refractivity contribution in [3.05, 3.63) is 121 Å². The lowest BCUT2D eigenvalue weighted by Gasteiger charge is -2.28. The van der Waals surface area contributed by atoms with Gasteiger partial charge in [-0.05, 0) is 56.4 Å². The van der Waals surface area contributed by atoms with Crippen molar-refractivity contribution >= 4 is 44.3 Å². The Morgan fingerprint density at radius 1 is 0.353 bits per heavy atom. The van der Waals surface area contributed by atoms with Gasteiger partial charge in [0, 0.05) is 5.56 Å². The van der Waals surface area contributed by atoms with Crippen molar-refractivity contribution in [1.82, 2.24) is 0 Å². The molecule has 0 aliphatic carbocycles. The zero-order valence-corrected chi connectivity index (χ0v) is 18.5. The predicted molar refractivity (Wildman–Crippen MR) is 145 cm³/mol. The van der Waals surface area contributed by atoms with Crippen molar-refractivity contribution in [2.24, 2.45) is 0 Å². The van der Waals surface area contributed by atoms with E-state index >= 15 is 0 Å². The van der Waals surface area contributed by atoms with Crippen LogP contribution in [0.5, 0.6) is 0 Å². The maximum Gasteiger partial charge on any atom is 0.0710 e. The highest BCUT2D eigenvalue weighted by Gasteiger charge is 2.23. The number of hydrogen-bond acceptors (Lipinski definition) is 2. The summed E-state index contributed by atoms with van der Waals surface area (Å²) in [6.07, 6.45) is 0. The molecule has 0 fully saturated rings. The van der Waals surface area contributed by atoms with Crippen LogP contribution in [0.2, 0.25) is 0 Å². The summed E-state index contributed by atoms with van der Waals surface area (Å²) in [4.78, 5) is 0. The summed E-state index contributed by atoms with van der Waals surface area (Å²) in [7, 11) is 0. The molecule has 0 unspecified atom stereocenters. The summed E-state index contributed by atoms with van der Waals surface area (Å²) in [6.45, 7) is 0. The Labute approximate surface area is 198 Å². The molecule has 2 heteroatoms. The zero-order chi connectivity index (χ0) is 22.5. The van der Waals surface area contributed by atoms with Crippen LogP contribution in [0.1, 0.15) is 0 Å². The highest BCUT2D eigenvalue weighted by Crippen LogP contribution is 2.50. The first kappa shape index (κ1) is 19.0. The highest BCUT2D eigenvalue weighted by molar-refractivity contribution is 6.12. The van der Waals surface area contributed by atoms with Crippen LogP contribution in [-0.4, -0.2) is 0 Å². The van der Waals surface area contributed by atoms with Crippen molar-refractivity contribution in [3.63, 3.8) is 0 Å². The molecule has 34 heavy (non-hydrogen) atoms. The molecule has 0 saturated carbocycles. The first-order chi connectivity index (χ1) is 16.9. The Hall–Kier alpha value is -4.56. The minimum atomic E-state index is 1.09. The van der Waals surface area contributed by atoms with E-state index in [-0.39, 0.29) is 0 Å². The lowest BCUT2D eigenvalue weighted by Crippen LogP contribution is -2.08. The van der Waals surface area contributed by atoms with Crippen LogP contribution in [0.25, 0.3) is 43.8 Å². The van der Waals surface area contributed by atoms with E-state index in [1.165, 1.54) is 43.8 Å². The molecular weight excluding hydrogens is 412 g/mol. The van der Waals surface area contributed by atoms with E-state index in [2.05, 4.69) is 132 Å². The third-order valence-corrected chi connectivity index (χ3v) is 6.80. The standard InChI is InChI=1S/C32H22N2/c1-3-13-23-21(9-1)11-7-15-25(23)27-19-20-30-32(34-29-18-6-5-17-28(29)33-30)31(27)26-16-8-12-22-10-2-4-14-24(22)26/h1-20,33-34H. The molecule has 6 aromatic rings.